The van der Waals surface area contributed by atoms with Gasteiger partial charge in [-0.2, -0.15) is 0 Å². The highest BCUT2D eigenvalue weighted by molar-refractivity contribution is 7.99. The molecule has 0 spiro atoms. The molecular formula is C12H13N3O3S. The Kier molecular flexibility index (Phi) is 4.40. The molecule has 0 fully saturated rings. The summed E-state index contributed by atoms with van der Waals surface area (Å²) in [6.45, 7) is 0.541. The Morgan fingerprint density at radius 3 is 3.00 bits per heavy atom. The van der Waals surface area contributed by atoms with Crippen molar-refractivity contribution in [2.24, 2.45) is 0 Å². The minimum absolute atomic E-state index is 0.0371. The van der Waals surface area contributed by atoms with Crippen molar-refractivity contribution in [2.45, 2.75) is 11.7 Å². The quantitative estimate of drug-likeness (QED) is 0.808. The first-order chi connectivity index (χ1) is 9.20. The van der Waals surface area contributed by atoms with Crippen molar-refractivity contribution in [1.29, 1.82) is 0 Å². The number of methoxy groups -OCH3 is 1. The van der Waals surface area contributed by atoms with Gasteiger partial charge in [-0.1, -0.05) is 30.0 Å². The Morgan fingerprint density at radius 2 is 2.26 bits per heavy atom. The number of benzene rings is 1. The average Bonchev–Trinajstić information content (AvgIpc) is 2.84. The zero-order valence-corrected chi connectivity index (χ0v) is 11.1. The molecule has 7 heteroatoms. The first-order valence-corrected chi connectivity index (χ1v) is 6.53. The molecule has 0 saturated carbocycles. The molecule has 0 saturated heterocycles. The van der Waals surface area contributed by atoms with E-state index in [0.717, 1.165) is 23.1 Å². The molecule has 2 aromatic rings. The summed E-state index contributed by atoms with van der Waals surface area (Å²) in [7, 11) is 1.62. The standard InChI is InChI=1S/C12H13N3O3S/c1-18-10-5-3-2-4-9(10)6-15-8-13-14-12(15)19-7-11(16)17/h2-5,8H,6-7H2,1H3,(H,16,17). The van der Waals surface area contributed by atoms with Crippen LogP contribution < -0.4 is 4.74 Å². The van der Waals surface area contributed by atoms with E-state index in [-0.39, 0.29) is 5.75 Å². The zero-order valence-electron chi connectivity index (χ0n) is 10.3. The van der Waals surface area contributed by atoms with E-state index < -0.39 is 5.97 Å². The molecule has 0 amide bonds. The number of hydrogen-bond donors (Lipinski definition) is 1. The summed E-state index contributed by atoms with van der Waals surface area (Å²) in [6.07, 6.45) is 1.58. The van der Waals surface area contributed by atoms with Crippen molar-refractivity contribution in [1.82, 2.24) is 14.8 Å². The number of carbonyl (C=O) groups is 1. The fourth-order valence-electron chi connectivity index (χ4n) is 1.61. The highest BCUT2D eigenvalue weighted by Gasteiger charge is 2.10. The molecule has 1 aromatic heterocycles. The van der Waals surface area contributed by atoms with Gasteiger partial charge in [-0.05, 0) is 6.07 Å². The van der Waals surface area contributed by atoms with Crippen molar-refractivity contribution in [3.05, 3.63) is 36.2 Å². The number of carboxylic acid groups (broad SMARTS) is 1. The van der Waals surface area contributed by atoms with Gasteiger partial charge in [0.25, 0.3) is 0 Å². The largest absolute Gasteiger partial charge is 0.496 e. The van der Waals surface area contributed by atoms with Crippen LogP contribution in [0.25, 0.3) is 0 Å². The maximum atomic E-state index is 10.6. The highest BCUT2D eigenvalue weighted by Crippen LogP contribution is 2.21. The summed E-state index contributed by atoms with van der Waals surface area (Å²) in [5.74, 6) is -0.132. The van der Waals surface area contributed by atoms with Crippen LogP contribution in [0.1, 0.15) is 5.56 Å². The van der Waals surface area contributed by atoms with E-state index in [9.17, 15) is 4.79 Å². The lowest BCUT2D eigenvalue weighted by Crippen LogP contribution is -2.04. The summed E-state index contributed by atoms with van der Waals surface area (Å²) in [6, 6.07) is 7.65. The third kappa shape index (κ3) is 3.47. The number of nitrogens with zero attached hydrogens (tertiary/aromatic N) is 3. The van der Waals surface area contributed by atoms with Crippen LogP contribution in [0.15, 0.2) is 35.7 Å². The molecule has 0 radical (unpaired) electrons. The van der Waals surface area contributed by atoms with Gasteiger partial charge in [0.2, 0.25) is 0 Å². The molecule has 100 valence electrons. The SMILES string of the molecule is COc1ccccc1Cn1cnnc1SCC(=O)O. The molecular weight excluding hydrogens is 266 g/mol. The van der Waals surface area contributed by atoms with Crippen LogP contribution in [0, 0.1) is 0 Å². The summed E-state index contributed by atoms with van der Waals surface area (Å²) in [5.41, 5.74) is 0.988. The molecule has 0 aliphatic rings. The van der Waals surface area contributed by atoms with Gasteiger partial charge in [-0.25, -0.2) is 0 Å². The number of ether oxygens (including phenoxy) is 1. The third-order valence-corrected chi connectivity index (χ3v) is 3.40. The number of rotatable bonds is 6. The smallest absolute Gasteiger partial charge is 0.313 e. The molecule has 0 atom stereocenters. The van der Waals surface area contributed by atoms with Crippen molar-refractivity contribution in [2.75, 3.05) is 12.9 Å². The molecule has 2 rings (SSSR count). The van der Waals surface area contributed by atoms with E-state index in [1.165, 1.54) is 0 Å². The van der Waals surface area contributed by atoms with Gasteiger partial charge in [0, 0.05) is 5.56 Å². The maximum Gasteiger partial charge on any atom is 0.313 e. The fourth-order valence-corrected chi connectivity index (χ4v) is 2.24. The van der Waals surface area contributed by atoms with Gasteiger partial charge in [0.15, 0.2) is 5.16 Å². The van der Waals surface area contributed by atoms with Gasteiger partial charge in [0.05, 0.1) is 19.4 Å². The first kappa shape index (κ1) is 13.4. The summed E-state index contributed by atoms with van der Waals surface area (Å²) >= 11 is 1.14. The number of para-hydroxylation sites is 1. The zero-order chi connectivity index (χ0) is 13.7. The second-order valence-corrected chi connectivity index (χ2v) is 4.68. The van der Waals surface area contributed by atoms with Crippen LogP contribution in [0.3, 0.4) is 0 Å². The topological polar surface area (TPSA) is 77.2 Å². The van der Waals surface area contributed by atoms with Crippen LogP contribution in [-0.4, -0.2) is 38.7 Å². The Balaban J connectivity index is 2.15. The maximum absolute atomic E-state index is 10.6. The van der Waals surface area contributed by atoms with E-state index in [4.69, 9.17) is 9.84 Å². The molecule has 1 aromatic carbocycles. The minimum atomic E-state index is -0.878. The van der Waals surface area contributed by atoms with Crippen molar-refractivity contribution < 1.29 is 14.6 Å². The van der Waals surface area contributed by atoms with Crippen LogP contribution in [0.5, 0.6) is 5.75 Å². The van der Waals surface area contributed by atoms with E-state index in [2.05, 4.69) is 10.2 Å². The molecule has 0 aliphatic heterocycles. The summed E-state index contributed by atoms with van der Waals surface area (Å²) < 4.78 is 7.07. The molecule has 19 heavy (non-hydrogen) atoms. The monoisotopic (exact) mass is 279 g/mol. The second-order valence-electron chi connectivity index (χ2n) is 3.74. The molecule has 0 bridgehead atoms. The number of aromatic nitrogens is 3. The Bertz CT molecular complexity index is 571. The van der Waals surface area contributed by atoms with E-state index in [0.29, 0.717) is 11.7 Å². The summed E-state index contributed by atoms with van der Waals surface area (Å²) in [4.78, 5) is 10.6. The van der Waals surface area contributed by atoms with Gasteiger partial charge >= 0.3 is 5.97 Å². The lowest BCUT2D eigenvalue weighted by molar-refractivity contribution is -0.133. The first-order valence-electron chi connectivity index (χ1n) is 5.55. The number of aliphatic carboxylic acids is 1. The number of carboxylic acids is 1. The van der Waals surface area contributed by atoms with Crippen molar-refractivity contribution >= 4 is 17.7 Å². The number of thioether (sulfide) groups is 1. The molecule has 0 unspecified atom stereocenters. The van der Waals surface area contributed by atoms with Crippen LogP contribution in [-0.2, 0) is 11.3 Å². The summed E-state index contributed by atoms with van der Waals surface area (Å²) in [5, 5.41) is 17.0. The van der Waals surface area contributed by atoms with Crippen LogP contribution >= 0.6 is 11.8 Å². The van der Waals surface area contributed by atoms with Gasteiger partial charge in [0.1, 0.15) is 12.1 Å². The van der Waals surface area contributed by atoms with Crippen LogP contribution in [0.4, 0.5) is 0 Å². The molecule has 6 nitrogen and oxygen atoms in total. The Labute approximate surface area is 114 Å². The Morgan fingerprint density at radius 1 is 1.47 bits per heavy atom. The van der Waals surface area contributed by atoms with Crippen LogP contribution in [0.2, 0.25) is 0 Å². The molecule has 0 aliphatic carbocycles. The predicted octanol–water partition coefficient (Wildman–Crippen LogP) is 1.51. The normalized spacial score (nSPS) is 10.4. The lowest BCUT2D eigenvalue weighted by Gasteiger charge is -2.09. The van der Waals surface area contributed by atoms with E-state index in [1.807, 2.05) is 24.3 Å². The average molecular weight is 279 g/mol. The van der Waals surface area contributed by atoms with Crippen molar-refractivity contribution in [3.8, 4) is 5.75 Å². The van der Waals surface area contributed by atoms with Gasteiger partial charge in [-0.15, -0.1) is 10.2 Å². The fraction of sp³-hybridized carbons (Fsp3) is 0.250. The lowest BCUT2D eigenvalue weighted by atomic mass is 10.2. The van der Waals surface area contributed by atoms with E-state index in [1.54, 1.807) is 18.0 Å². The minimum Gasteiger partial charge on any atom is -0.496 e. The number of hydrogen-bond acceptors (Lipinski definition) is 5. The molecule has 1 heterocycles. The third-order valence-electron chi connectivity index (χ3n) is 2.44. The second kappa shape index (κ2) is 6.24. The Hall–Kier alpha value is -2.02. The van der Waals surface area contributed by atoms with Crippen molar-refractivity contribution in [3.63, 3.8) is 0 Å². The molecule has 1 N–H and O–H groups in total. The highest BCUT2D eigenvalue weighted by atomic mass is 32.2. The van der Waals surface area contributed by atoms with Gasteiger partial charge in [-0.3, -0.25) is 4.79 Å². The van der Waals surface area contributed by atoms with E-state index >= 15 is 0 Å². The van der Waals surface area contributed by atoms with Gasteiger partial charge < -0.3 is 14.4 Å². The predicted molar refractivity (Wildman–Crippen MR) is 70.5 cm³/mol.